The van der Waals surface area contributed by atoms with Crippen LogP contribution in [0.3, 0.4) is 0 Å². The standard InChI is InChI=1S/C12H12.C6H10O4/c1-9-7-8-11-5-3-4-6-12(11)10(9)2;7-5(8)3-1-2-4-6(9)10/h3-8H,1-2H3;1-4H2,(H,7,8)(H,9,10). The maximum absolute atomic E-state index is 9.90. The summed E-state index contributed by atoms with van der Waals surface area (Å²) in [7, 11) is 0. The van der Waals surface area contributed by atoms with Crippen LogP contribution in [0, 0.1) is 13.8 Å². The van der Waals surface area contributed by atoms with E-state index in [0.29, 0.717) is 12.8 Å². The molecule has 2 aromatic carbocycles. The number of unbranched alkanes of at least 4 members (excludes halogenated alkanes) is 1. The largest absolute Gasteiger partial charge is 0.481 e. The molecule has 118 valence electrons. The molecule has 0 fully saturated rings. The van der Waals surface area contributed by atoms with Crippen molar-refractivity contribution in [2.45, 2.75) is 39.5 Å². The molecule has 0 saturated heterocycles. The van der Waals surface area contributed by atoms with Gasteiger partial charge in [0.1, 0.15) is 0 Å². The molecular weight excluding hydrogens is 280 g/mol. The van der Waals surface area contributed by atoms with Crippen molar-refractivity contribution in [3.8, 4) is 0 Å². The summed E-state index contributed by atoms with van der Waals surface area (Å²) < 4.78 is 0. The highest BCUT2D eigenvalue weighted by Crippen LogP contribution is 2.20. The lowest BCUT2D eigenvalue weighted by Gasteiger charge is -2.04. The van der Waals surface area contributed by atoms with E-state index in [1.165, 1.54) is 21.9 Å². The van der Waals surface area contributed by atoms with Gasteiger partial charge in [-0.05, 0) is 48.6 Å². The van der Waals surface area contributed by atoms with Crippen molar-refractivity contribution in [2.75, 3.05) is 0 Å². The third-order valence-electron chi connectivity index (χ3n) is 3.50. The van der Waals surface area contributed by atoms with Gasteiger partial charge in [-0.15, -0.1) is 0 Å². The number of aryl methyl sites for hydroxylation is 2. The normalized spacial score (nSPS) is 9.91. The number of rotatable bonds is 5. The van der Waals surface area contributed by atoms with Gasteiger partial charge < -0.3 is 10.2 Å². The smallest absolute Gasteiger partial charge is 0.303 e. The first-order chi connectivity index (χ1) is 10.4. The van der Waals surface area contributed by atoms with Crippen molar-refractivity contribution in [3.63, 3.8) is 0 Å². The molecule has 0 heterocycles. The van der Waals surface area contributed by atoms with Crippen LogP contribution < -0.4 is 0 Å². The highest BCUT2D eigenvalue weighted by Gasteiger charge is 1.99. The molecule has 0 spiro atoms. The highest BCUT2D eigenvalue weighted by atomic mass is 16.4. The number of carboxylic acids is 2. The molecular formula is C18H22O4. The van der Waals surface area contributed by atoms with Crippen LogP contribution in [0.15, 0.2) is 36.4 Å². The molecule has 2 rings (SSSR count). The van der Waals surface area contributed by atoms with Gasteiger partial charge in [0, 0.05) is 12.8 Å². The summed E-state index contributed by atoms with van der Waals surface area (Å²) in [6.07, 6.45) is 1.02. The van der Waals surface area contributed by atoms with Crippen LogP contribution >= 0.6 is 0 Å². The second-order valence-corrected chi connectivity index (χ2v) is 5.22. The van der Waals surface area contributed by atoms with Gasteiger partial charge in [-0.1, -0.05) is 36.4 Å². The summed E-state index contributed by atoms with van der Waals surface area (Å²) in [4.78, 5) is 19.8. The Balaban J connectivity index is 0.000000225. The molecule has 0 atom stereocenters. The maximum Gasteiger partial charge on any atom is 0.303 e. The molecule has 0 aliphatic rings. The summed E-state index contributed by atoms with van der Waals surface area (Å²) in [5, 5.41) is 19.0. The maximum atomic E-state index is 9.90. The second-order valence-electron chi connectivity index (χ2n) is 5.22. The molecule has 0 aromatic heterocycles. The Kier molecular flexibility index (Phi) is 7.09. The van der Waals surface area contributed by atoms with Crippen molar-refractivity contribution in [3.05, 3.63) is 47.5 Å². The molecule has 4 nitrogen and oxygen atoms in total. The van der Waals surface area contributed by atoms with Crippen molar-refractivity contribution in [1.82, 2.24) is 0 Å². The fourth-order valence-electron chi connectivity index (χ4n) is 2.09. The number of carbonyl (C=O) groups is 2. The van der Waals surface area contributed by atoms with E-state index in [-0.39, 0.29) is 12.8 Å². The second kappa shape index (κ2) is 8.82. The van der Waals surface area contributed by atoms with Crippen LogP contribution in [0.5, 0.6) is 0 Å². The van der Waals surface area contributed by atoms with Crippen LogP contribution in [-0.4, -0.2) is 22.2 Å². The fraction of sp³-hybridized carbons (Fsp3) is 0.333. The lowest BCUT2D eigenvalue weighted by molar-refractivity contribution is -0.139. The van der Waals surface area contributed by atoms with Gasteiger partial charge in [0.2, 0.25) is 0 Å². The Hall–Kier alpha value is -2.36. The number of fused-ring (bicyclic) bond motifs is 1. The Morgan fingerprint density at radius 2 is 1.41 bits per heavy atom. The highest BCUT2D eigenvalue weighted by molar-refractivity contribution is 5.86. The van der Waals surface area contributed by atoms with Gasteiger partial charge in [0.15, 0.2) is 0 Å². The van der Waals surface area contributed by atoms with E-state index in [2.05, 4.69) is 50.2 Å². The van der Waals surface area contributed by atoms with E-state index in [1.54, 1.807) is 0 Å². The van der Waals surface area contributed by atoms with Crippen LogP contribution in [0.4, 0.5) is 0 Å². The summed E-state index contributed by atoms with van der Waals surface area (Å²) >= 11 is 0. The van der Waals surface area contributed by atoms with Gasteiger partial charge in [0.05, 0.1) is 0 Å². The zero-order chi connectivity index (χ0) is 16.5. The van der Waals surface area contributed by atoms with E-state index in [0.717, 1.165) is 0 Å². The Bertz CT molecular complexity index is 631. The Morgan fingerprint density at radius 3 is 1.95 bits per heavy atom. The minimum atomic E-state index is -0.870. The molecule has 0 bridgehead atoms. The molecule has 2 N–H and O–H groups in total. The summed E-state index contributed by atoms with van der Waals surface area (Å²) in [6, 6.07) is 12.9. The van der Waals surface area contributed by atoms with E-state index in [4.69, 9.17) is 10.2 Å². The molecule has 0 unspecified atom stereocenters. The van der Waals surface area contributed by atoms with Gasteiger partial charge in [0.25, 0.3) is 0 Å². The van der Waals surface area contributed by atoms with Crippen LogP contribution in [0.2, 0.25) is 0 Å². The third-order valence-corrected chi connectivity index (χ3v) is 3.50. The Morgan fingerprint density at radius 1 is 0.864 bits per heavy atom. The zero-order valence-corrected chi connectivity index (χ0v) is 13.0. The third kappa shape index (κ3) is 5.95. The quantitative estimate of drug-likeness (QED) is 0.813. The number of hydrogen-bond acceptors (Lipinski definition) is 2. The summed E-state index contributed by atoms with van der Waals surface area (Å²) in [5.74, 6) is -1.74. The van der Waals surface area contributed by atoms with Gasteiger partial charge in [-0.25, -0.2) is 0 Å². The van der Waals surface area contributed by atoms with E-state index >= 15 is 0 Å². The lowest BCUT2D eigenvalue weighted by Crippen LogP contribution is -1.97. The van der Waals surface area contributed by atoms with Crippen LogP contribution in [0.1, 0.15) is 36.8 Å². The average Bonchev–Trinajstić information content (AvgIpc) is 2.48. The molecule has 0 amide bonds. The average molecular weight is 302 g/mol. The molecule has 2 aromatic rings. The van der Waals surface area contributed by atoms with Gasteiger partial charge in [-0.3, -0.25) is 9.59 Å². The minimum Gasteiger partial charge on any atom is -0.481 e. The van der Waals surface area contributed by atoms with E-state index in [9.17, 15) is 9.59 Å². The van der Waals surface area contributed by atoms with Crippen molar-refractivity contribution >= 4 is 22.7 Å². The molecule has 0 saturated carbocycles. The Labute approximate surface area is 130 Å². The van der Waals surface area contributed by atoms with Crippen LogP contribution in [0.25, 0.3) is 10.8 Å². The molecule has 0 radical (unpaired) electrons. The fourth-order valence-corrected chi connectivity index (χ4v) is 2.09. The first kappa shape index (κ1) is 17.7. The van der Waals surface area contributed by atoms with Gasteiger partial charge in [-0.2, -0.15) is 0 Å². The minimum absolute atomic E-state index is 0.0628. The first-order valence-corrected chi connectivity index (χ1v) is 7.30. The molecule has 0 aliphatic heterocycles. The number of hydrogen-bond donors (Lipinski definition) is 2. The number of aliphatic carboxylic acids is 2. The molecule has 22 heavy (non-hydrogen) atoms. The van der Waals surface area contributed by atoms with E-state index in [1.807, 2.05) is 0 Å². The van der Waals surface area contributed by atoms with Crippen molar-refractivity contribution < 1.29 is 19.8 Å². The predicted molar refractivity (Wildman–Crippen MR) is 87.2 cm³/mol. The van der Waals surface area contributed by atoms with Crippen LogP contribution in [-0.2, 0) is 9.59 Å². The summed E-state index contributed by atoms with van der Waals surface area (Å²) in [5.41, 5.74) is 2.77. The topological polar surface area (TPSA) is 74.6 Å². The monoisotopic (exact) mass is 302 g/mol. The summed E-state index contributed by atoms with van der Waals surface area (Å²) in [6.45, 7) is 4.33. The number of benzene rings is 2. The lowest BCUT2D eigenvalue weighted by atomic mass is 10.0. The van der Waals surface area contributed by atoms with Crippen molar-refractivity contribution in [2.24, 2.45) is 0 Å². The number of carboxylic acid groups (broad SMARTS) is 2. The predicted octanol–water partition coefficient (Wildman–Crippen LogP) is 4.17. The zero-order valence-electron chi connectivity index (χ0n) is 13.0. The molecule has 4 heteroatoms. The SMILES string of the molecule is Cc1ccc2ccccc2c1C.O=C(O)CCCCC(=O)O. The van der Waals surface area contributed by atoms with Gasteiger partial charge >= 0.3 is 11.9 Å². The van der Waals surface area contributed by atoms with E-state index < -0.39 is 11.9 Å². The first-order valence-electron chi connectivity index (χ1n) is 7.30. The molecule has 0 aliphatic carbocycles. The van der Waals surface area contributed by atoms with Crippen molar-refractivity contribution in [1.29, 1.82) is 0 Å².